The van der Waals surface area contributed by atoms with Gasteiger partial charge in [-0.25, -0.2) is 12.8 Å². The number of benzene rings is 2. The number of anilines is 1. The number of halogens is 1. The minimum atomic E-state index is -3.62. The van der Waals surface area contributed by atoms with Gasteiger partial charge < -0.3 is 5.32 Å². The summed E-state index contributed by atoms with van der Waals surface area (Å²) in [4.78, 5) is 12.5. The first-order valence-corrected chi connectivity index (χ1v) is 11.2. The second kappa shape index (κ2) is 9.68. The van der Waals surface area contributed by atoms with E-state index in [1.54, 1.807) is 31.2 Å². The standard InChI is InChI=1S/C21H27FN2O3S/c1-4-17-9-13-20(14-10-17)24(28(3,26)27)16(2)21(25)23-15-5-6-18-7-11-19(22)12-8-18/h7-14,16H,4-6,15H2,1-3H3,(H,23,25). The summed E-state index contributed by atoms with van der Waals surface area (Å²) in [6.45, 7) is 4.00. The molecule has 0 saturated heterocycles. The Morgan fingerprint density at radius 2 is 1.64 bits per heavy atom. The molecule has 0 saturated carbocycles. The first kappa shape index (κ1) is 21.9. The zero-order valence-corrected chi connectivity index (χ0v) is 17.3. The van der Waals surface area contributed by atoms with Crippen LogP contribution in [0.2, 0.25) is 0 Å². The van der Waals surface area contributed by atoms with Crippen LogP contribution < -0.4 is 9.62 Å². The van der Waals surface area contributed by atoms with Crippen molar-refractivity contribution in [2.45, 2.75) is 39.2 Å². The Bertz CT molecular complexity index is 881. The molecule has 1 unspecified atom stereocenters. The Labute approximate surface area is 166 Å². The zero-order valence-electron chi connectivity index (χ0n) is 16.5. The number of rotatable bonds is 9. The monoisotopic (exact) mass is 406 g/mol. The molecule has 0 fully saturated rings. The SMILES string of the molecule is CCc1ccc(N(C(C)C(=O)NCCCc2ccc(F)cc2)S(C)(=O)=O)cc1. The molecule has 0 aliphatic carbocycles. The molecular formula is C21H27FN2O3S. The molecule has 5 nitrogen and oxygen atoms in total. The largest absolute Gasteiger partial charge is 0.354 e. The molecule has 152 valence electrons. The van der Waals surface area contributed by atoms with Crippen molar-refractivity contribution in [3.05, 3.63) is 65.5 Å². The molecule has 0 aromatic heterocycles. The smallest absolute Gasteiger partial charge is 0.243 e. The first-order valence-electron chi connectivity index (χ1n) is 9.33. The lowest BCUT2D eigenvalue weighted by atomic mass is 10.1. The molecule has 7 heteroatoms. The Kier molecular flexibility index (Phi) is 7.57. The minimum absolute atomic E-state index is 0.279. The maximum atomic E-state index is 12.9. The van der Waals surface area contributed by atoms with Crippen LogP contribution in [0.25, 0.3) is 0 Å². The van der Waals surface area contributed by atoms with E-state index in [2.05, 4.69) is 5.32 Å². The Balaban J connectivity index is 1.97. The highest BCUT2D eigenvalue weighted by molar-refractivity contribution is 7.92. The summed E-state index contributed by atoms with van der Waals surface area (Å²) in [7, 11) is -3.62. The fourth-order valence-electron chi connectivity index (χ4n) is 2.99. The number of carbonyl (C=O) groups excluding carboxylic acids is 1. The number of aryl methyl sites for hydroxylation is 2. The van der Waals surface area contributed by atoms with Crippen LogP contribution in [0.5, 0.6) is 0 Å². The average molecular weight is 407 g/mol. The summed E-state index contributed by atoms with van der Waals surface area (Å²) in [6.07, 6.45) is 3.32. The maximum Gasteiger partial charge on any atom is 0.243 e. The average Bonchev–Trinajstić information content (AvgIpc) is 2.66. The molecule has 2 aromatic rings. The highest BCUT2D eigenvalue weighted by Crippen LogP contribution is 2.21. The lowest BCUT2D eigenvalue weighted by Gasteiger charge is -2.28. The summed E-state index contributed by atoms with van der Waals surface area (Å²) in [5.74, 6) is -0.636. The quantitative estimate of drug-likeness (QED) is 0.650. The normalized spacial score (nSPS) is 12.4. The number of hydrogen-bond donors (Lipinski definition) is 1. The molecule has 28 heavy (non-hydrogen) atoms. The first-order chi connectivity index (χ1) is 13.2. The number of hydrogen-bond acceptors (Lipinski definition) is 3. The van der Waals surface area contributed by atoms with Gasteiger partial charge in [0.25, 0.3) is 0 Å². The van der Waals surface area contributed by atoms with E-state index in [1.165, 1.54) is 12.1 Å². The van der Waals surface area contributed by atoms with Gasteiger partial charge in [-0.3, -0.25) is 9.10 Å². The highest BCUT2D eigenvalue weighted by Gasteiger charge is 2.28. The fraction of sp³-hybridized carbons (Fsp3) is 0.381. The molecule has 1 atom stereocenters. The molecule has 1 amide bonds. The van der Waals surface area contributed by atoms with Crippen molar-refractivity contribution in [2.24, 2.45) is 0 Å². The number of nitrogens with one attached hydrogen (secondary N) is 1. The van der Waals surface area contributed by atoms with E-state index in [4.69, 9.17) is 0 Å². The van der Waals surface area contributed by atoms with E-state index in [-0.39, 0.29) is 11.7 Å². The van der Waals surface area contributed by atoms with E-state index in [0.29, 0.717) is 25.1 Å². The number of sulfonamides is 1. The maximum absolute atomic E-state index is 12.9. The summed E-state index contributed by atoms with van der Waals surface area (Å²) in [5, 5.41) is 2.79. The lowest BCUT2D eigenvalue weighted by molar-refractivity contribution is -0.121. The zero-order chi connectivity index (χ0) is 20.7. The molecule has 2 rings (SSSR count). The predicted molar refractivity (Wildman–Crippen MR) is 110 cm³/mol. The minimum Gasteiger partial charge on any atom is -0.354 e. The van der Waals surface area contributed by atoms with Gasteiger partial charge in [0, 0.05) is 6.54 Å². The van der Waals surface area contributed by atoms with Gasteiger partial charge in [-0.05, 0) is 61.6 Å². The molecule has 0 aliphatic heterocycles. The van der Waals surface area contributed by atoms with Gasteiger partial charge in [0.2, 0.25) is 15.9 Å². The molecule has 0 radical (unpaired) electrons. The van der Waals surface area contributed by atoms with E-state index in [9.17, 15) is 17.6 Å². The topological polar surface area (TPSA) is 66.5 Å². The third kappa shape index (κ3) is 6.05. The Morgan fingerprint density at radius 3 is 2.18 bits per heavy atom. The van der Waals surface area contributed by atoms with Crippen LogP contribution >= 0.6 is 0 Å². The van der Waals surface area contributed by atoms with Gasteiger partial charge in [0.05, 0.1) is 11.9 Å². The van der Waals surface area contributed by atoms with E-state index < -0.39 is 16.1 Å². The molecule has 0 bridgehead atoms. The second-order valence-corrected chi connectivity index (χ2v) is 8.64. The molecule has 0 heterocycles. The van der Waals surface area contributed by atoms with Crippen LogP contribution in [0.3, 0.4) is 0 Å². The van der Waals surface area contributed by atoms with Crippen molar-refractivity contribution in [3.63, 3.8) is 0 Å². The highest BCUT2D eigenvalue weighted by atomic mass is 32.2. The van der Waals surface area contributed by atoms with E-state index in [1.807, 2.05) is 19.1 Å². The van der Waals surface area contributed by atoms with Gasteiger partial charge in [-0.1, -0.05) is 31.2 Å². The van der Waals surface area contributed by atoms with Crippen LogP contribution in [0.1, 0.15) is 31.4 Å². The van der Waals surface area contributed by atoms with Crippen molar-refractivity contribution >= 4 is 21.6 Å². The van der Waals surface area contributed by atoms with Crippen LogP contribution in [-0.4, -0.2) is 33.2 Å². The lowest BCUT2D eigenvalue weighted by Crippen LogP contribution is -2.48. The predicted octanol–water partition coefficient (Wildman–Crippen LogP) is 3.29. The van der Waals surface area contributed by atoms with Crippen LogP contribution in [-0.2, 0) is 27.7 Å². The van der Waals surface area contributed by atoms with Crippen LogP contribution in [0.4, 0.5) is 10.1 Å². The fourth-order valence-corrected chi connectivity index (χ4v) is 4.17. The Morgan fingerprint density at radius 1 is 1.07 bits per heavy atom. The van der Waals surface area contributed by atoms with Crippen LogP contribution in [0.15, 0.2) is 48.5 Å². The van der Waals surface area contributed by atoms with Crippen molar-refractivity contribution < 1.29 is 17.6 Å². The Hall–Kier alpha value is -2.41. The summed E-state index contributed by atoms with van der Waals surface area (Å²) >= 11 is 0. The van der Waals surface area contributed by atoms with Gasteiger partial charge in [0.1, 0.15) is 11.9 Å². The molecular weight excluding hydrogens is 379 g/mol. The van der Waals surface area contributed by atoms with Crippen molar-refractivity contribution in [3.8, 4) is 0 Å². The summed E-state index contributed by atoms with van der Waals surface area (Å²) < 4.78 is 38.6. The van der Waals surface area contributed by atoms with Crippen molar-refractivity contribution in [1.82, 2.24) is 5.32 Å². The molecule has 0 aliphatic rings. The van der Waals surface area contributed by atoms with Crippen molar-refractivity contribution in [2.75, 3.05) is 17.1 Å². The number of nitrogens with zero attached hydrogens (tertiary/aromatic N) is 1. The molecule has 2 aromatic carbocycles. The van der Waals surface area contributed by atoms with Gasteiger partial charge in [-0.2, -0.15) is 0 Å². The van der Waals surface area contributed by atoms with E-state index in [0.717, 1.165) is 28.1 Å². The van der Waals surface area contributed by atoms with Crippen molar-refractivity contribution in [1.29, 1.82) is 0 Å². The number of carbonyl (C=O) groups is 1. The summed E-state index contributed by atoms with van der Waals surface area (Å²) in [6, 6.07) is 12.5. The number of amides is 1. The van der Waals surface area contributed by atoms with Gasteiger partial charge in [0.15, 0.2) is 0 Å². The summed E-state index contributed by atoms with van der Waals surface area (Å²) in [5.41, 5.74) is 2.54. The second-order valence-electron chi connectivity index (χ2n) is 6.78. The van der Waals surface area contributed by atoms with Crippen LogP contribution in [0, 0.1) is 5.82 Å². The third-order valence-electron chi connectivity index (χ3n) is 4.54. The molecule has 0 spiro atoms. The third-order valence-corrected chi connectivity index (χ3v) is 5.78. The van der Waals surface area contributed by atoms with Gasteiger partial charge >= 0.3 is 0 Å². The van der Waals surface area contributed by atoms with E-state index >= 15 is 0 Å². The van der Waals surface area contributed by atoms with Gasteiger partial charge in [-0.15, -0.1) is 0 Å². The molecule has 1 N–H and O–H groups in total.